The van der Waals surface area contributed by atoms with Crippen LogP contribution in [0.25, 0.3) is 0 Å². The second-order valence-electron chi connectivity index (χ2n) is 4.23. The Labute approximate surface area is 99.1 Å². The van der Waals surface area contributed by atoms with Gasteiger partial charge in [0.25, 0.3) is 10.2 Å². The van der Waals surface area contributed by atoms with Crippen LogP contribution in [0.1, 0.15) is 40.0 Å². The molecule has 0 spiro atoms. The van der Waals surface area contributed by atoms with Crippen LogP contribution in [0.5, 0.6) is 0 Å². The third-order valence-electron chi connectivity index (χ3n) is 2.27. The first-order chi connectivity index (χ1) is 7.82. The van der Waals surface area contributed by atoms with E-state index < -0.39 is 22.4 Å². The Hall–Kier alpha value is -1.60. The third kappa shape index (κ3) is 8.23. The maximum absolute atomic E-state index is 10.3. The summed E-state index contributed by atoms with van der Waals surface area (Å²) in [5, 5.41) is 18.5. The van der Waals surface area contributed by atoms with Crippen molar-refractivity contribution in [3.63, 3.8) is 0 Å². The van der Waals surface area contributed by atoms with Crippen molar-refractivity contribution in [2.24, 2.45) is 5.92 Å². The molecule has 0 fully saturated rings. The first-order valence-electron chi connectivity index (χ1n) is 5.45. The van der Waals surface area contributed by atoms with Crippen molar-refractivity contribution in [3.8, 4) is 0 Å². The van der Waals surface area contributed by atoms with Gasteiger partial charge in [-0.25, -0.2) is 0 Å². The monoisotopic (exact) mass is 250 g/mol. The van der Waals surface area contributed by atoms with Crippen LogP contribution in [-0.2, 0) is 9.68 Å². The van der Waals surface area contributed by atoms with E-state index in [-0.39, 0.29) is 0 Å². The second kappa shape index (κ2) is 7.64. The van der Waals surface area contributed by atoms with Crippen molar-refractivity contribution in [2.75, 3.05) is 0 Å². The summed E-state index contributed by atoms with van der Waals surface area (Å²) in [5.74, 6) is 0.470. The Bertz CT molecular complexity index is 258. The molecule has 0 N–H and O–H groups in total. The van der Waals surface area contributed by atoms with Crippen molar-refractivity contribution in [2.45, 2.75) is 52.2 Å². The van der Waals surface area contributed by atoms with Gasteiger partial charge in [-0.3, -0.25) is 0 Å². The van der Waals surface area contributed by atoms with Gasteiger partial charge in [0.1, 0.15) is 12.2 Å². The molecular weight excluding hydrogens is 232 g/mol. The lowest BCUT2D eigenvalue weighted by molar-refractivity contribution is -0.798. The molecule has 0 heterocycles. The van der Waals surface area contributed by atoms with E-state index in [4.69, 9.17) is 0 Å². The predicted molar refractivity (Wildman–Crippen MR) is 58.1 cm³/mol. The molecule has 0 aromatic heterocycles. The fourth-order valence-corrected chi connectivity index (χ4v) is 1.41. The molecule has 0 aromatic rings. The van der Waals surface area contributed by atoms with Gasteiger partial charge >= 0.3 is 0 Å². The van der Waals surface area contributed by atoms with E-state index in [9.17, 15) is 20.2 Å². The Kier molecular flexibility index (Phi) is 6.92. The summed E-state index contributed by atoms with van der Waals surface area (Å²) >= 11 is 0. The summed E-state index contributed by atoms with van der Waals surface area (Å²) in [6.45, 7) is 5.44. The van der Waals surface area contributed by atoms with E-state index in [1.54, 1.807) is 0 Å². The number of hydrogen-bond acceptors (Lipinski definition) is 6. The maximum Gasteiger partial charge on any atom is 0.294 e. The Morgan fingerprint density at radius 1 is 1.00 bits per heavy atom. The van der Waals surface area contributed by atoms with E-state index in [1.165, 1.54) is 6.92 Å². The standard InChI is InChI=1S/C9H18N2O6/c1-7(2)5-4-6-9(17-11(14)15)8(3)16-10(12)13/h7-9H,4-6H2,1-3H3/t8-,9-/m1/s1. The molecule has 0 aromatic carbocycles. The number of rotatable bonds is 9. The maximum atomic E-state index is 10.3. The summed E-state index contributed by atoms with van der Waals surface area (Å²) in [6.07, 6.45) is 0.0649. The molecule has 0 aliphatic carbocycles. The Balaban J connectivity index is 4.21. The molecular formula is C9H18N2O6. The summed E-state index contributed by atoms with van der Waals surface area (Å²) in [4.78, 5) is 29.0. The second-order valence-corrected chi connectivity index (χ2v) is 4.23. The van der Waals surface area contributed by atoms with Crippen LogP contribution in [-0.4, -0.2) is 22.4 Å². The molecule has 8 heteroatoms. The van der Waals surface area contributed by atoms with Crippen molar-refractivity contribution in [1.82, 2.24) is 0 Å². The van der Waals surface area contributed by atoms with Crippen molar-refractivity contribution in [1.29, 1.82) is 0 Å². The van der Waals surface area contributed by atoms with Crippen molar-refractivity contribution >= 4 is 0 Å². The molecule has 17 heavy (non-hydrogen) atoms. The summed E-state index contributed by atoms with van der Waals surface area (Å²) in [7, 11) is 0. The minimum atomic E-state index is -0.969. The van der Waals surface area contributed by atoms with E-state index >= 15 is 0 Å². The predicted octanol–water partition coefficient (Wildman–Crippen LogP) is 1.99. The van der Waals surface area contributed by atoms with E-state index in [1.807, 2.05) is 13.8 Å². The van der Waals surface area contributed by atoms with Crippen LogP contribution in [0.4, 0.5) is 0 Å². The molecule has 0 aliphatic heterocycles. The van der Waals surface area contributed by atoms with Crippen LogP contribution in [0.2, 0.25) is 0 Å². The number of hydrogen-bond donors (Lipinski definition) is 0. The van der Waals surface area contributed by atoms with Gasteiger partial charge in [0, 0.05) is 0 Å². The van der Waals surface area contributed by atoms with Gasteiger partial charge in [-0.15, -0.1) is 20.2 Å². The quantitative estimate of drug-likeness (QED) is 0.457. The fourth-order valence-electron chi connectivity index (χ4n) is 1.41. The first kappa shape index (κ1) is 15.4. The molecule has 0 radical (unpaired) electrons. The molecule has 0 saturated carbocycles. The zero-order valence-electron chi connectivity index (χ0n) is 10.2. The summed E-state index contributed by atoms with van der Waals surface area (Å²) < 4.78 is 0. The lowest BCUT2D eigenvalue weighted by Crippen LogP contribution is -2.32. The molecule has 0 unspecified atom stereocenters. The highest BCUT2D eigenvalue weighted by Crippen LogP contribution is 2.15. The van der Waals surface area contributed by atoms with Gasteiger partial charge in [-0.05, 0) is 19.3 Å². The summed E-state index contributed by atoms with van der Waals surface area (Å²) in [5.41, 5.74) is 0. The van der Waals surface area contributed by atoms with Crippen LogP contribution < -0.4 is 0 Å². The minimum Gasteiger partial charge on any atom is -0.309 e. The fraction of sp³-hybridized carbons (Fsp3) is 1.00. The summed E-state index contributed by atoms with van der Waals surface area (Å²) in [6, 6.07) is 0. The molecule has 0 aliphatic rings. The molecule has 2 atom stereocenters. The third-order valence-corrected chi connectivity index (χ3v) is 2.27. The van der Waals surface area contributed by atoms with Crippen LogP contribution in [0.15, 0.2) is 0 Å². The molecule has 0 amide bonds. The molecule has 0 saturated heterocycles. The van der Waals surface area contributed by atoms with E-state index in [0.29, 0.717) is 18.8 Å². The van der Waals surface area contributed by atoms with Gasteiger partial charge in [-0.1, -0.05) is 26.7 Å². The van der Waals surface area contributed by atoms with Crippen LogP contribution in [0.3, 0.4) is 0 Å². The van der Waals surface area contributed by atoms with Gasteiger partial charge in [0.15, 0.2) is 0 Å². The van der Waals surface area contributed by atoms with E-state index in [2.05, 4.69) is 9.68 Å². The van der Waals surface area contributed by atoms with Crippen molar-refractivity contribution in [3.05, 3.63) is 20.2 Å². The molecule has 8 nitrogen and oxygen atoms in total. The molecule has 0 rings (SSSR count). The topological polar surface area (TPSA) is 105 Å². The first-order valence-corrected chi connectivity index (χ1v) is 5.45. The average molecular weight is 250 g/mol. The largest absolute Gasteiger partial charge is 0.309 e. The average Bonchev–Trinajstić information content (AvgIpc) is 2.13. The zero-order valence-corrected chi connectivity index (χ0v) is 10.2. The zero-order chi connectivity index (χ0) is 13.4. The lowest BCUT2D eigenvalue weighted by atomic mass is 10.0. The van der Waals surface area contributed by atoms with Gasteiger partial charge < -0.3 is 9.68 Å². The lowest BCUT2D eigenvalue weighted by Gasteiger charge is -2.20. The normalized spacial score (nSPS) is 14.1. The Morgan fingerprint density at radius 3 is 1.94 bits per heavy atom. The van der Waals surface area contributed by atoms with Gasteiger partial charge in [0.05, 0.1) is 0 Å². The highest BCUT2D eigenvalue weighted by molar-refractivity contribution is 4.64. The minimum absolute atomic E-state index is 0.355. The van der Waals surface area contributed by atoms with Crippen LogP contribution in [0, 0.1) is 26.1 Å². The molecule has 0 bridgehead atoms. The molecule has 100 valence electrons. The highest BCUT2D eigenvalue weighted by Gasteiger charge is 2.24. The number of nitrogens with zero attached hydrogens (tertiary/aromatic N) is 2. The van der Waals surface area contributed by atoms with Crippen LogP contribution >= 0.6 is 0 Å². The van der Waals surface area contributed by atoms with E-state index in [0.717, 1.165) is 6.42 Å². The smallest absolute Gasteiger partial charge is 0.294 e. The Morgan fingerprint density at radius 2 is 1.53 bits per heavy atom. The van der Waals surface area contributed by atoms with Crippen molar-refractivity contribution < 1.29 is 19.8 Å². The van der Waals surface area contributed by atoms with Gasteiger partial charge in [-0.2, -0.15) is 0 Å². The van der Waals surface area contributed by atoms with Gasteiger partial charge in [0.2, 0.25) is 0 Å². The highest BCUT2D eigenvalue weighted by atomic mass is 17.0. The SMILES string of the molecule is CC(C)CCC[C@@H](O[N+](=O)[O-])[C@@H](C)O[N+](=O)[O-].